The van der Waals surface area contributed by atoms with Crippen LogP contribution in [0.5, 0.6) is 5.88 Å². The molecular formula is C23H21ClN6O5. The van der Waals surface area contributed by atoms with Gasteiger partial charge in [-0.05, 0) is 36.2 Å². The van der Waals surface area contributed by atoms with Crippen molar-refractivity contribution in [2.24, 2.45) is 0 Å². The minimum absolute atomic E-state index is 0.00216. The number of ether oxygens (including phenoxy) is 1. The highest BCUT2D eigenvalue weighted by molar-refractivity contribution is 6.30. The Morgan fingerprint density at radius 1 is 1.20 bits per heavy atom. The predicted octanol–water partition coefficient (Wildman–Crippen LogP) is 2.59. The fraction of sp³-hybridized carbons (Fsp3) is 0.174. The second-order valence-corrected chi connectivity index (χ2v) is 7.98. The first kappa shape index (κ1) is 23.9. The molecule has 0 aliphatic heterocycles. The molecule has 35 heavy (non-hydrogen) atoms. The lowest BCUT2D eigenvalue weighted by molar-refractivity contribution is 0.0698. The molecule has 1 amide bonds. The number of carbonyl (C=O) groups excluding carboxylic acids is 1. The van der Waals surface area contributed by atoms with Crippen molar-refractivity contribution in [3.63, 3.8) is 0 Å². The number of hydrogen-bond acceptors (Lipinski definition) is 8. The highest BCUT2D eigenvalue weighted by Gasteiger charge is 2.22. The Labute approximate surface area is 204 Å². The van der Waals surface area contributed by atoms with E-state index in [1.54, 1.807) is 24.3 Å². The minimum Gasteiger partial charge on any atom is -0.480 e. The molecule has 180 valence electrons. The van der Waals surface area contributed by atoms with Gasteiger partial charge in [0, 0.05) is 23.3 Å². The van der Waals surface area contributed by atoms with Crippen LogP contribution in [0.3, 0.4) is 0 Å². The number of nitrogens with zero attached hydrogens (tertiary/aromatic N) is 4. The lowest BCUT2D eigenvalue weighted by atomic mass is 10.1. The van der Waals surface area contributed by atoms with Gasteiger partial charge in [-0.1, -0.05) is 23.7 Å². The zero-order valence-corrected chi connectivity index (χ0v) is 19.2. The minimum atomic E-state index is -1.20. The number of nitrogen functional groups attached to an aromatic ring is 1. The topological polar surface area (TPSA) is 165 Å². The lowest BCUT2D eigenvalue weighted by Crippen LogP contribution is -2.26. The summed E-state index contributed by atoms with van der Waals surface area (Å²) in [5, 5.41) is 27.3. The van der Waals surface area contributed by atoms with Gasteiger partial charge in [0.1, 0.15) is 17.4 Å². The molecule has 0 aliphatic rings. The Morgan fingerprint density at radius 2 is 1.94 bits per heavy atom. The summed E-state index contributed by atoms with van der Waals surface area (Å²) in [6.45, 7) is 0.178. The number of benzene rings is 1. The fourth-order valence-corrected chi connectivity index (χ4v) is 3.75. The average Bonchev–Trinajstić information content (AvgIpc) is 3.25. The number of amides is 1. The molecule has 0 spiro atoms. The van der Waals surface area contributed by atoms with Gasteiger partial charge in [0.25, 0.3) is 5.91 Å². The van der Waals surface area contributed by atoms with Crippen LogP contribution in [0, 0.1) is 0 Å². The number of carbonyl (C=O) groups is 2. The number of hydrogen-bond donors (Lipinski definition) is 4. The number of halogens is 1. The number of carboxylic acid groups (broad SMARTS) is 1. The second-order valence-electron chi connectivity index (χ2n) is 7.55. The molecular weight excluding hydrogens is 476 g/mol. The molecule has 4 rings (SSSR count). The molecule has 1 atom stereocenters. The van der Waals surface area contributed by atoms with Crippen LogP contribution in [-0.2, 0) is 0 Å². The summed E-state index contributed by atoms with van der Waals surface area (Å²) in [6, 6.07) is 9.70. The molecule has 4 aromatic rings. The molecule has 0 saturated heterocycles. The van der Waals surface area contributed by atoms with E-state index >= 15 is 0 Å². The van der Waals surface area contributed by atoms with Crippen LogP contribution in [0.15, 0.2) is 48.9 Å². The van der Waals surface area contributed by atoms with Crippen LogP contribution < -0.4 is 15.8 Å². The number of methoxy groups -OCH3 is 1. The van der Waals surface area contributed by atoms with E-state index in [-0.39, 0.29) is 41.3 Å². The Balaban J connectivity index is 1.59. The molecule has 0 aliphatic carbocycles. The number of anilines is 1. The first-order valence-electron chi connectivity index (χ1n) is 10.4. The van der Waals surface area contributed by atoms with E-state index in [2.05, 4.69) is 20.4 Å². The normalized spacial score (nSPS) is 11.9. The maximum atomic E-state index is 12.9. The van der Waals surface area contributed by atoms with Crippen LogP contribution >= 0.6 is 11.6 Å². The number of fused-ring (bicyclic) bond motifs is 1. The smallest absolute Gasteiger partial charge is 0.338 e. The number of nitrogens with one attached hydrogen (secondary N) is 1. The number of aromatic carboxylic acids is 1. The van der Waals surface area contributed by atoms with Gasteiger partial charge in [-0.25, -0.2) is 19.3 Å². The highest BCUT2D eigenvalue weighted by Crippen LogP contribution is 2.30. The third kappa shape index (κ3) is 4.86. The molecule has 12 heteroatoms. The number of carboxylic acids is 1. The third-order valence-electron chi connectivity index (χ3n) is 5.36. The van der Waals surface area contributed by atoms with Crippen molar-refractivity contribution in [2.75, 3.05) is 19.4 Å². The number of aromatic nitrogens is 4. The van der Waals surface area contributed by atoms with Crippen molar-refractivity contribution in [1.82, 2.24) is 24.9 Å². The molecule has 0 fully saturated rings. The van der Waals surface area contributed by atoms with Gasteiger partial charge in [0.15, 0.2) is 5.82 Å². The highest BCUT2D eigenvalue weighted by atomic mass is 35.5. The fourth-order valence-electron chi connectivity index (χ4n) is 3.62. The summed E-state index contributed by atoms with van der Waals surface area (Å²) >= 11 is 5.87. The Morgan fingerprint density at radius 3 is 2.63 bits per heavy atom. The molecule has 11 nitrogen and oxygen atoms in total. The van der Waals surface area contributed by atoms with Crippen molar-refractivity contribution in [1.29, 1.82) is 0 Å². The van der Waals surface area contributed by atoms with Crippen molar-refractivity contribution >= 4 is 34.8 Å². The molecule has 5 N–H and O–H groups in total. The molecule has 0 unspecified atom stereocenters. The van der Waals surface area contributed by atoms with Crippen molar-refractivity contribution in [3.8, 4) is 17.1 Å². The molecule has 3 aromatic heterocycles. The number of aliphatic hydroxyl groups excluding tert-OH is 1. The van der Waals surface area contributed by atoms with Gasteiger partial charge in [0.2, 0.25) is 5.88 Å². The first-order chi connectivity index (χ1) is 16.8. The maximum Gasteiger partial charge on any atom is 0.338 e. The standard InChI is InChI=1S/C23H21ClN6O5/c1-35-22-16(21(32)26-7-6-18(31)12-2-4-14(24)5-3-12)8-13(10-27-22)17-9-15(23(33)34)19-20(25)28-11-29-30(17)19/h2-5,8-11,18,31H,6-7H2,1H3,(H,26,32)(H,33,34)(H2,25,28,29)/t18-/m0/s1. The molecule has 0 radical (unpaired) electrons. The third-order valence-corrected chi connectivity index (χ3v) is 5.61. The Kier molecular flexibility index (Phi) is 6.80. The van der Waals surface area contributed by atoms with Crippen LogP contribution in [0.2, 0.25) is 5.02 Å². The maximum absolute atomic E-state index is 12.9. The summed E-state index contributed by atoms with van der Waals surface area (Å²) < 4.78 is 6.57. The summed E-state index contributed by atoms with van der Waals surface area (Å²) in [5.74, 6) is -1.60. The van der Waals surface area contributed by atoms with E-state index in [1.165, 1.54) is 36.3 Å². The van der Waals surface area contributed by atoms with Gasteiger partial charge >= 0.3 is 5.97 Å². The van der Waals surface area contributed by atoms with Crippen LogP contribution in [0.4, 0.5) is 5.82 Å². The molecule has 0 saturated carbocycles. The van der Waals surface area contributed by atoms with Gasteiger partial charge in [-0.3, -0.25) is 4.79 Å². The van der Waals surface area contributed by atoms with Gasteiger partial charge in [-0.2, -0.15) is 5.10 Å². The van der Waals surface area contributed by atoms with E-state index in [0.717, 1.165) is 0 Å². The van der Waals surface area contributed by atoms with E-state index in [9.17, 15) is 19.8 Å². The molecule has 3 heterocycles. The summed E-state index contributed by atoms with van der Waals surface area (Å²) in [7, 11) is 1.38. The summed E-state index contributed by atoms with van der Waals surface area (Å²) in [5.41, 5.74) is 7.50. The van der Waals surface area contributed by atoms with Crippen molar-refractivity contribution in [3.05, 3.63) is 70.6 Å². The number of rotatable bonds is 8. The first-order valence-corrected chi connectivity index (χ1v) is 10.8. The number of aliphatic hydroxyl groups is 1. The van der Waals surface area contributed by atoms with Gasteiger partial charge < -0.3 is 26.0 Å². The zero-order chi connectivity index (χ0) is 25.1. The van der Waals surface area contributed by atoms with Gasteiger partial charge in [-0.15, -0.1) is 0 Å². The summed E-state index contributed by atoms with van der Waals surface area (Å²) in [6.07, 6.45) is 2.12. The van der Waals surface area contributed by atoms with Crippen molar-refractivity contribution < 1.29 is 24.5 Å². The number of nitrogens with two attached hydrogens (primary N) is 1. The zero-order valence-electron chi connectivity index (χ0n) is 18.5. The van der Waals surface area contributed by atoms with Crippen molar-refractivity contribution in [2.45, 2.75) is 12.5 Å². The predicted molar refractivity (Wildman–Crippen MR) is 128 cm³/mol. The Bertz CT molecular complexity index is 1410. The molecule has 1 aromatic carbocycles. The van der Waals surface area contributed by atoms with Crippen LogP contribution in [-0.4, -0.2) is 55.3 Å². The average molecular weight is 497 g/mol. The van der Waals surface area contributed by atoms with E-state index in [4.69, 9.17) is 22.1 Å². The quantitative estimate of drug-likeness (QED) is 0.287. The molecule has 0 bridgehead atoms. The SMILES string of the molecule is COc1ncc(-c2cc(C(=O)O)c3c(N)ncnn23)cc1C(=O)NCC[C@H](O)c1ccc(Cl)cc1. The van der Waals surface area contributed by atoms with E-state index < -0.39 is 18.0 Å². The summed E-state index contributed by atoms with van der Waals surface area (Å²) in [4.78, 5) is 32.7. The number of pyridine rings is 1. The second kappa shape index (κ2) is 9.95. The largest absolute Gasteiger partial charge is 0.480 e. The van der Waals surface area contributed by atoms with Crippen LogP contribution in [0.1, 0.15) is 38.8 Å². The van der Waals surface area contributed by atoms with Gasteiger partial charge in [0.05, 0.1) is 24.5 Å². The lowest BCUT2D eigenvalue weighted by Gasteiger charge is -2.13. The van der Waals surface area contributed by atoms with E-state index in [0.29, 0.717) is 21.8 Å². The Hall–Kier alpha value is -4.22. The van der Waals surface area contributed by atoms with E-state index in [1.807, 2.05) is 0 Å². The van der Waals surface area contributed by atoms with Crippen LogP contribution in [0.25, 0.3) is 16.8 Å². The monoisotopic (exact) mass is 496 g/mol.